The molecule has 0 bridgehead atoms. The molecule has 2 N–H and O–H groups in total. The Morgan fingerprint density at radius 1 is 1.00 bits per heavy atom. The second kappa shape index (κ2) is 10.7. The summed E-state index contributed by atoms with van der Waals surface area (Å²) in [6, 6.07) is 27.1. The standard InChI is InChI=1S/C23H20N4OS/c24-14-18-9-11-19(12-10-18)16-28-22-8-4-7-21(13-22)15-26-27-23(25)29-17-20-5-2-1-3-6-20/h1-13,15H,16-17H2,(H2,25,27). The molecule has 0 aromatic heterocycles. The van der Waals surface area contributed by atoms with Gasteiger partial charge in [0.1, 0.15) is 12.4 Å². The SMILES string of the molecule is N#Cc1ccc(COc2cccc(C=NN=C(N)SCc3ccccc3)c2)cc1. The van der Waals surface area contributed by atoms with Gasteiger partial charge in [0, 0.05) is 5.75 Å². The minimum absolute atomic E-state index is 0.415. The molecule has 3 aromatic rings. The van der Waals surface area contributed by atoms with Crippen LogP contribution in [0.5, 0.6) is 5.75 Å². The summed E-state index contributed by atoms with van der Waals surface area (Å²) in [6.07, 6.45) is 1.64. The lowest BCUT2D eigenvalue weighted by Gasteiger charge is -2.07. The number of nitrogens with two attached hydrogens (primary N) is 1. The number of hydrogen-bond donors (Lipinski definition) is 1. The van der Waals surface area contributed by atoms with Crippen LogP contribution in [-0.2, 0) is 12.4 Å². The molecule has 5 nitrogen and oxygen atoms in total. The van der Waals surface area contributed by atoms with Crippen LogP contribution in [0.15, 0.2) is 89.1 Å². The quantitative estimate of drug-likeness (QED) is 0.353. The van der Waals surface area contributed by atoms with Crippen molar-refractivity contribution in [3.05, 3.63) is 101 Å². The summed E-state index contributed by atoms with van der Waals surface area (Å²) in [4.78, 5) is 0. The van der Waals surface area contributed by atoms with Crippen molar-refractivity contribution in [3.8, 4) is 11.8 Å². The van der Waals surface area contributed by atoms with Gasteiger partial charge in [-0.25, -0.2) is 0 Å². The molecule has 0 spiro atoms. The lowest BCUT2D eigenvalue weighted by molar-refractivity contribution is 0.306. The predicted octanol–water partition coefficient (Wildman–Crippen LogP) is 4.72. The number of ether oxygens (including phenoxy) is 1. The van der Waals surface area contributed by atoms with Gasteiger partial charge in [-0.2, -0.15) is 10.4 Å². The van der Waals surface area contributed by atoms with Crippen LogP contribution < -0.4 is 10.5 Å². The van der Waals surface area contributed by atoms with Crippen LogP contribution in [-0.4, -0.2) is 11.4 Å². The van der Waals surface area contributed by atoms with Gasteiger partial charge in [-0.3, -0.25) is 0 Å². The monoisotopic (exact) mass is 400 g/mol. The zero-order valence-corrected chi connectivity index (χ0v) is 16.5. The Morgan fingerprint density at radius 2 is 1.79 bits per heavy atom. The van der Waals surface area contributed by atoms with E-state index < -0.39 is 0 Å². The van der Waals surface area contributed by atoms with Crippen molar-refractivity contribution in [2.75, 3.05) is 0 Å². The van der Waals surface area contributed by atoms with Crippen molar-refractivity contribution < 1.29 is 4.74 Å². The third-order valence-electron chi connectivity index (χ3n) is 3.94. The molecule has 144 valence electrons. The summed E-state index contributed by atoms with van der Waals surface area (Å²) in [5.74, 6) is 1.48. The number of amidine groups is 1. The predicted molar refractivity (Wildman–Crippen MR) is 119 cm³/mol. The Labute approximate surface area is 174 Å². The highest BCUT2D eigenvalue weighted by Gasteiger charge is 1.99. The number of nitrogens with zero attached hydrogens (tertiary/aromatic N) is 3. The molecular weight excluding hydrogens is 380 g/mol. The van der Waals surface area contributed by atoms with Crippen molar-refractivity contribution >= 4 is 23.1 Å². The van der Waals surface area contributed by atoms with E-state index in [1.165, 1.54) is 17.3 Å². The van der Waals surface area contributed by atoms with E-state index in [0.29, 0.717) is 17.3 Å². The molecule has 0 atom stereocenters. The molecular formula is C23H20N4OS. The number of hydrogen-bond acceptors (Lipinski definition) is 5. The van der Waals surface area contributed by atoms with E-state index in [1.807, 2.05) is 66.7 Å². The number of nitriles is 1. The highest BCUT2D eigenvalue weighted by molar-refractivity contribution is 8.13. The normalized spacial score (nSPS) is 11.3. The Bertz CT molecular complexity index is 1020. The first-order chi connectivity index (χ1) is 14.2. The van der Waals surface area contributed by atoms with Gasteiger partial charge in [0.15, 0.2) is 5.17 Å². The first-order valence-corrected chi connectivity index (χ1v) is 9.96. The maximum Gasteiger partial charge on any atom is 0.180 e. The van der Waals surface area contributed by atoms with Crippen molar-refractivity contribution in [3.63, 3.8) is 0 Å². The smallest absolute Gasteiger partial charge is 0.180 e. The second-order valence-electron chi connectivity index (χ2n) is 6.13. The van der Waals surface area contributed by atoms with E-state index in [9.17, 15) is 0 Å². The van der Waals surface area contributed by atoms with E-state index in [0.717, 1.165) is 22.6 Å². The molecule has 0 amide bonds. The Kier molecular flexibility index (Phi) is 7.44. The van der Waals surface area contributed by atoms with Gasteiger partial charge in [-0.1, -0.05) is 66.4 Å². The molecule has 0 aliphatic rings. The molecule has 29 heavy (non-hydrogen) atoms. The third kappa shape index (κ3) is 6.83. The number of rotatable bonds is 7. The largest absolute Gasteiger partial charge is 0.489 e. The van der Waals surface area contributed by atoms with E-state index in [1.54, 1.807) is 18.3 Å². The molecule has 3 rings (SSSR count). The molecule has 0 fully saturated rings. The molecule has 6 heteroatoms. The summed E-state index contributed by atoms with van der Waals surface area (Å²) in [7, 11) is 0. The number of benzene rings is 3. The van der Waals surface area contributed by atoms with Gasteiger partial charge in [0.25, 0.3) is 0 Å². The van der Waals surface area contributed by atoms with E-state index >= 15 is 0 Å². The van der Waals surface area contributed by atoms with Gasteiger partial charge in [-0.15, -0.1) is 5.10 Å². The lowest BCUT2D eigenvalue weighted by atomic mass is 10.1. The van der Waals surface area contributed by atoms with Gasteiger partial charge < -0.3 is 10.5 Å². The van der Waals surface area contributed by atoms with Crippen molar-refractivity contribution in [1.82, 2.24) is 0 Å². The summed E-state index contributed by atoms with van der Waals surface area (Å²) in [6.45, 7) is 0.424. The molecule has 0 aliphatic heterocycles. The molecule has 0 aliphatic carbocycles. The van der Waals surface area contributed by atoms with E-state index in [-0.39, 0.29) is 0 Å². The number of thioether (sulfide) groups is 1. The average molecular weight is 401 g/mol. The minimum atomic E-state index is 0.415. The fourth-order valence-electron chi connectivity index (χ4n) is 2.44. The Hall–Kier alpha value is -3.56. The Morgan fingerprint density at radius 3 is 2.55 bits per heavy atom. The molecule has 3 aromatic carbocycles. The highest BCUT2D eigenvalue weighted by atomic mass is 32.2. The maximum atomic E-state index is 8.84. The van der Waals surface area contributed by atoms with Crippen LogP contribution in [0.4, 0.5) is 0 Å². The van der Waals surface area contributed by atoms with Crippen LogP contribution in [0, 0.1) is 11.3 Å². The highest BCUT2D eigenvalue weighted by Crippen LogP contribution is 2.15. The molecule has 0 saturated heterocycles. The zero-order valence-electron chi connectivity index (χ0n) is 15.7. The van der Waals surface area contributed by atoms with Crippen LogP contribution in [0.1, 0.15) is 22.3 Å². The van der Waals surface area contributed by atoms with Crippen molar-refractivity contribution in [2.24, 2.45) is 15.9 Å². The second-order valence-corrected chi connectivity index (χ2v) is 7.12. The average Bonchev–Trinajstić information content (AvgIpc) is 2.78. The van der Waals surface area contributed by atoms with Crippen molar-refractivity contribution in [2.45, 2.75) is 12.4 Å². The van der Waals surface area contributed by atoms with Gasteiger partial charge >= 0.3 is 0 Å². The molecule has 0 unspecified atom stereocenters. The summed E-state index contributed by atoms with van der Waals surface area (Å²) in [5.41, 5.74) is 9.59. The van der Waals surface area contributed by atoms with Crippen LogP contribution in [0.25, 0.3) is 0 Å². The lowest BCUT2D eigenvalue weighted by Crippen LogP contribution is -2.06. The molecule has 0 radical (unpaired) electrons. The first-order valence-electron chi connectivity index (χ1n) is 8.98. The van der Waals surface area contributed by atoms with Crippen LogP contribution in [0.2, 0.25) is 0 Å². The summed E-state index contributed by atoms with van der Waals surface area (Å²) < 4.78 is 5.81. The molecule has 0 heterocycles. The van der Waals surface area contributed by atoms with Crippen molar-refractivity contribution in [1.29, 1.82) is 5.26 Å². The summed E-state index contributed by atoms with van der Waals surface area (Å²) in [5, 5.41) is 17.4. The van der Waals surface area contributed by atoms with E-state index in [2.05, 4.69) is 16.3 Å². The van der Waals surface area contributed by atoms with Gasteiger partial charge in [0.05, 0.1) is 17.8 Å². The third-order valence-corrected chi connectivity index (χ3v) is 4.79. The summed E-state index contributed by atoms with van der Waals surface area (Å²) >= 11 is 1.45. The zero-order chi connectivity index (χ0) is 20.3. The topological polar surface area (TPSA) is 83.8 Å². The molecule has 0 saturated carbocycles. The fourth-order valence-corrected chi connectivity index (χ4v) is 3.05. The van der Waals surface area contributed by atoms with E-state index in [4.69, 9.17) is 15.7 Å². The van der Waals surface area contributed by atoms with Gasteiger partial charge in [0.2, 0.25) is 0 Å². The Balaban J connectivity index is 1.52. The van der Waals surface area contributed by atoms with Gasteiger partial charge in [-0.05, 0) is 41.0 Å². The fraction of sp³-hybridized carbons (Fsp3) is 0.0870. The first kappa shape index (κ1) is 20.2. The minimum Gasteiger partial charge on any atom is -0.489 e. The van der Waals surface area contributed by atoms with Crippen LogP contribution in [0.3, 0.4) is 0 Å². The van der Waals surface area contributed by atoms with Crippen LogP contribution >= 0.6 is 11.8 Å². The maximum absolute atomic E-state index is 8.84.